The van der Waals surface area contributed by atoms with Crippen LogP contribution in [-0.4, -0.2) is 43.0 Å². The van der Waals surface area contributed by atoms with Gasteiger partial charge in [-0.25, -0.2) is 0 Å². The van der Waals surface area contributed by atoms with Gasteiger partial charge in [0.15, 0.2) is 5.78 Å². The molecule has 1 heterocycles. The topological polar surface area (TPSA) is 29.5 Å². The van der Waals surface area contributed by atoms with Crippen LogP contribution < -0.4 is 0 Å². The third kappa shape index (κ3) is 4.15. The number of Topliss-reactive ketones (excluding diaryl/α,β-unsaturated/α-hetero) is 1. The molecule has 0 amide bonds. The van der Waals surface area contributed by atoms with E-state index in [2.05, 4.69) is 37.8 Å². The summed E-state index contributed by atoms with van der Waals surface area (Å²) in [7, 11) is 0. The van der Waals surface area contributed by atoms with Gasteiger partial charge in [0.1, 0.15) is 0 Å². The van der Waals surface area contributed by atoms with Crippen LogP contribution in [0.15, 0.2) is 24.3 Å². The van der Waals surface area contributed by atoms with E-state index in [1.165, 1.54) is 5.56 Å². The number of carbonyl (C=O) groups excluding carboxylic acids is 1. The van der Waals surface area contributed by atoms with Gasteiger partial charge in [0.25, 0.3) is 0 Å². The minimum Gasteiger partial charge on any atom is -0.377 e. The summed E-state index contributed by atoms with van der Waals surface area (Å²) in [6, 6.07) is 8.03. The average molecular weight is 275 g/mol. The summed E-state index contributed by atoms with van der Waals surface area (Å²) in [6.45, 7) is 9.48. The Balaban J connectivity index is 1.96. The molecular weight excluding hydrogens is 250 g/mol. The van der Waals surface area contributed by atoms with Crippen LogP contribution in [0, 0.1) is 0 Å². The Morgan fingerprint density at radius 2 is 2.05 bits per heavy atom. The molecule has 1 aliphatic rings. The molecule has 0 spiro atoms. The van der Waals surface area contributed by atoms with E-state index in [1.54, 1.807) is 0 Å². The summed E-state index contributed by atoms with van der Waals surface area (Å²) < 4.78 is 5.61. The van der Waals surface area contributed by atoms with Crippen molar-refractivity contribution in [1.82, 2.24) is 4.90 Å². The predicted octanol–water partition coefficient (Wildman–Crippen LogP) is 3.10. The molecule has 0 aliphatic carbocycles. The van der Waals surface area contributed by atoms with Crippen LogP contribution in [0.25, 0.3) is 0 Å². The average Bonchev–Trinajstić information content (AvgIpc) is 2.63. The van der Waals surface area contributed by atoms with Crippen molar-refractivity contribution in [2.24, 2.45) is 0 Å². The molecule has 0 bridgehead atoms. The Hall–Kier alpha value is -1.19. The zero-order valence-electron chi connectivity index (χ0n) is 12.8. The number of hydrogen-bond acceptors (Lipinski definition) is 3. The third-order valence-electron chi connectivity index (χ3n) is 3.80. The van der Waals surface area contributed by atoms with Gasteiger partial charge >= 0.3 is 0 Å². The van der Waals surface area contributed by atoms with Crippen LogP contribution in [0.3, 0.4) is 0 Å². The molecule has 1 saturated heterocycles. The summed E-state index contributed by atoms with van der Waals surface area (Å²) in [5.74, 6) is 0.706. The molecule has 0 radical (unpaired) electrons. The first kappa shape index (κ1) is 15.2. The first-order valence-electron chi connectivity index (χ1n) is 7.53. The highest BCUT2D eigenvalue weighted by Gasteiger charge is 2.18. The first-order valence-corrected chi connectivity index (χ1v) is 7.53. The lowest BCUT2D eigenvalue weighted by molar-refractivity contribution is 0.0657. The van der Waals surface area contributed by atoms with E-state index in [9.17, 15) is 4.79 Å². The van der Waals surface area contributed by atoms with Crippen molar-refractivity contribution >= 4 is 5.78 Å². The van der Waals surface area contributed by atoms with Crippen LogP contribution >= 0.6 is 0 Å². The Morgan fingerprint density at radius 3 is 2.70 bits per heavy atom. The molecule has 0 N–H and O–H groups in total. The Morgan fingerprint density at radius 1 is 1.35 bits per heavy atom. The van der Waals surface area contributed by atoms with Gasteiger partial charge in [-0.1, -0.05) is 38.1 Å². The molecule has 3 heteroatoms. The van der Waals surface area contributed by atoms with Crippen molar-refractivity contribution in [2.75, 3.05) is 26.2 Å². The number of rotatable bonds is 4. The molecule has 1 aliphatic heterocycles. The summed E-state index contributed by atoms with van der Waals surface area (Å²) >= 11 is 0. The van der Waals surface area contributed by atoms with Crippen LogP contribution in [0.2, 0.25) is 0 Å². The number of nitrogens with zero attached hydrogens (tertiary/aromatic N) is 1. The second-order valence-electron chi connectivity index (χ2n) is 5.97. The summed E-state index contributed by atoms with van der Waals surface area (Å²) in [5.41, 5.74) is 2.09. The van der Waals surface area contributed by atoms with Crippen molar-refractivity contribution in [3.63, 3.8) is 0 Å². The Labute approximate surface area is 121 Å². The highest BCUT2D eigenvalue weighted by Crippen LogP contribution is 2.15. The number of carbonyl (C=O) groups is 1. The van der Waals surface area contributed by atoms with E-state index in [0.29, 0.717) is 12.5 Å². The van der Waals surface area contributed by atoms with E-state index >= 15 is 0 Å². The van der Waals surface area contributed by atoms with Crippen molar-refractivity contribution in [3.8, 4) is 0 Å². The van der Waals surface area contributed by atoms with Gasteiger partial charge in [0.2, 0.25) is 0 Å². The number of ketones is 1. The van der Waals surface area contributed by atoms with E-state index in [1.807, 2.05) is 12.1 Å². The van der Waals surface area contributed by atoms with E-state index in [-0.39, 0.29) is 11.9 Å². The molecule has 1 atom stereocenters. The van der Waals surface area contributed by atoms with Gasteiger partial charge in [-0.15, -0.1) is 0 Å². The smallest absolute Gasteiger partial charge is 0.176 e. The molecule has 1 fully saturated rings. The fourth-order valence-electron chi connectivity index (χ4n) is 2.57. The SMILES string of the molecule is CC1CN(CC(=O)c2ccc(C(C)C)cc2)CCCO1. The van der Waals surface area contributed by atoms with Gasteiger partial charge in [-0.05, 0) is 24.8 Å². The standard InChI is InChI=1S/C17H25NO2/c1-13(2)15-5-7-16(8-6-15)17(19)12-18-9-4-10-20-14(3)11-18/h5-8,13-14H,4,9-12H2,1-3H3. The second-order valence-corrected chi connectivity index (χ2v) is 5.97. The lowest BCUT2D eigenvalue weighted by atomic mass is 10.0. The van der Waals surface area contributed by atoms with Crippen molar-refractivity contribution < 1.29 is 9.53 Å². The minimum absolute atomic E-state index is 0.203. The lowest BCUT2D eigenvalue weighted by Crippen LogP contribution is -2.34. The normalized spacial score (nSPS) is 20.9. The van der Waals surface area contributed by atoms with Gasteiger partial charge in [-0.3, -0.25) is 9.69 Å². The lowest BCUT2D eigenvalue weighted by Gasteiger charge is -2.20. The highest BCUT2D eigenvalue weighted by molar-refractivity contribution is 5.97. The molecule has 3 nitrogen and oxygen atoms in total. The van der Waals surface area contributed by atoms with Gasteiger partial charge in [0, 0.05) is 25.3 Å². The maximum atomic E-state index is 12.3. The Bertz CT molecular complexity index is 439. The van der Waals surface area contributed by atoms with Crippen molar-refractivity contribution in [1.29, 1.82) is 0 Å². The quantitative estimate of drug-likeness (QED) is 0.791. The van der Waals surface area contributed by atoms with Gasteiger partial charge in [-0.2, -0.15) is 0 Å². The zero-order chi connectivity index (χ0) is 14.5. The van der Waals surface area contributed by atoms with Crippen LogP contribution in [0.1, 0.15) is 49.0 Å². The van der Waals surface area contributed by atoms with Crippen LogP contribution in [0.5, 0.6) is 0 Å². The molecule has 1 unspecified atom stereocenters. The maximum absolute atomic E-state index is 12.3. The summed E-state index contributed by atoms with van der Waals surface area (Å²) in [5, 5.41) is 0. The van der Waals surface area contributed by atoms with E-state index in [0.717, 1.165) is 31.7 Å². The number of benzene rings is 1. The first-order chi connectivity index (χ1) is 9.56. The largest absolute Gasteiger partial charge is 0.377 e. The van der Waals surface area contributed by atoms with Crippen molar-refractivity contribution in [2.45, 2.75) is 39.2 Å². The zero-order valence-corrected chi connectivity index (χ0v) is 12.8. The highest BCUT2D eigenvalue weighted by atomic mass is 16.5. The third-order valence-corrected chi connectivity index (χ3v) is 3.80. The van der Waals surface area contributed by atoms with Gasteiger partial charge < -0.3 is 4.74 Å². The van der Waals surface area contributed by atoms with E-state index in [4.69, 9.17) is 4.74 Å². The monoisotopic (exact) mass is 275 g/mol. The molecule has 2 rings (SSSR count). The van der Waals surface area contributed by atoms with Gasteiger partial charge in [0.05, 0.1) is 12.6 Å². The fraction of sp³-hybridized carbons (Fsp3) is 0.588. The molecule has 1 aromatic rings. The molecule has 110 valence electrons. The fourth-order valence-corrected chi connectivity index (χ4v) is 2.57. The number of ether oxygens (including phenoxy) is 1. The molecule has 0 aromatic heterocycles. The predicted molar refractivity (Wildman–Crippen MR) is 81.3 cm³/mol. The van der Waals surface area contributed by atoms with Crippen LogP contribution in [-0.2, 0) is 4.74 Å². The number of hydrogen-bond donors (Lipinski definition) is 0. The Kier molecular flexibility index (Phi) is 5.32. The van der Waals surface area contributed by atoms with Crippen molar-refractivity contribution in [3.05, 3.63) is 35.4 Å². The second kappa shape index (κ2) is 7.00. The summed E-state index contributed by atoms with van der Waals surface area (Å²) in [6.07, 6.45) is 1.22. The molecule has 0 saturated carbocycles. The van der Waals surface area contributed by atoms with Crippen LogP contribution in [0.4, 0.5) is 0 Å². The summed E-state index contributed by atoms with van der Waals surface area (Å²) in [4.78, 5) is 14.5. The minimum atomic E-state index is 0.203. The molecule has 1 aromatic carbocycles. The molecule has 20 heavy (non-hydrogen) atoms. The maximum Gasteiger partial charge on any atom is 0.176 e. The van der Waals surface area contributed by atoms with E-state index < -0.39 is 0 Å². The molecular formula is C17H25NO2.